The molecular weight excluding hydrogens is 240 g/mol. The van der Waals surface area contributed by atoms with E-state index in [1.54, 1.807) is 0 Å². The lowest BCUT2D eigenvalue weighted by Gasteiger charge is -2.41. The first-order valence-corrected chi connectivity index (χ1v) is 6.80. The Morgan fingerprint density at radius 1 is 1.42 bits per heavy atom. The number of benzene rings is 1. The first kappa shape index (κ1) is 13.9. The van der Waals surface area contributed by atoms with Gasteiger partial charge in [0, 0.05) is 37.8 Å². The molecule has 0 saturated carbocycles. The zero-order chi connectivity index (χ0) is 13.8. The summed E-state index contributed by atoms with van der Waals surface area (Å²) in [7, 11) is 2.10. The first-order chi connectivity index (χ1) is 9.06. The highest BCUT2D eigenvalue weighted by Crippen LogP contribution is 2.23. The molecule has 1 fully saturated rings. The van der Waals surface area contributed by atoms with Crippen LogP contribution < -0.4 is 4.90 Å². The molecular formula is C15H22N2O2. The minimum absolute atomic E-state index is 0.237. The number of rotatable bonds is 4. The van der Waals surface area contributed by atoms with Crippen molar-refractivity contribution in [1.82, 2.24) is 4.90 Å². The number of hydrogen-bond donors (Lipinski definition) is 1. The molecule has 0 radical (unpaired) electrons. The number of carboxylic acids is 1. The topological polar surface area (TPSA) is 43.8 Å². The molecule has 0 spiro atoms. The van der Waals surface area contributed by atoms with Crippen LogP contribution in [-0.4, -0.2) is 48.7 Å². The molecule has 1 N–H and O–H groups in total. The van der Waals surface area contributed by atoms with Gasteiger partial charge in [0.2, 0.25) is 0 Å². The SMILES string of the molecule is Cc1cccc(N2CCN(C)CC2CCC(=O)O)c1. The second-order valence-electron chi connectivity index (χ2n) is 5.38. The third-order valence-corrected chi connectivity index (χ3v) is 3.71. The van der Waals surface area contributed by atoms with Crippen LogP contribution in [-0.2, 0) is 4.79 Å². The molecule has 1 saturated heterocycles. The molecule has 4 heteroatoms. The van der Waals surface area contributed by atoms with Crippen molar-refractivity contribution in [2.24, 2.45) is 0 Å². The highest BCUT2D eigenvalue weighted by Gasteiger charge is 2.25. The van der Waals surface area contributed by atoms with E-state index < -0.39 is 5.97 Å². The predicted molar refractivity (Wildman–Crippen MR) is 76.7 cm³/mol. The van der Waals surface area contributed by atoms with Gasteiger partial charge in [-0.05, 0) is 38.1 Å². The van der Waals surface area contributed by atoms with Gasteiger partial charge < -0.3 is 14.9 Å². The summed E-state index contributed by atoms with van der Waals surface area (Å²) in [5.41, 5.74) is 2.46. The van der Waals surface area contributed by atoms with Gasteiger partial charge in [0.1, 0.15) is 0 Å². The summed E-state index contributed by atoms with van der Waals surface area (Å²) in [5, 5.41) is 8.88. The Morgan fingerprint density at radius 3 is 2.89 bits per heavy atom. The van der Waals surface area contributed by atoms with Crippen molar-refractivity contribution in [2.75, 3.05) is 31.6 Å². The number of nitrogens with zero attached hydrogens (tertiary/aromatic N) is 2. The third kappa shape index (κ3) is 3.70. The van der Waals surface area contributed by atoms with Crippen LogP contribution in [0.3, 0.4) is 0 Å². The van der Waals surface area contributed by atoms with Crippen LogP contribution in [0.4, 0.5) is 5.69 Å². The van der Waals surface area contributed by atoms with E-state index in [1.807, 2.05) is 0 Å². The molecule has 1 aliphatic rings. The Balaban J connectivity index is 2.13. The highest BCUT2D eigenvalue weighted by molar-refractivity contribution is 5.66. The standard InChI is InChI=1S/C15H22N2O2/c1-12-4-3-5-13(10-12)17-9-8-16(2)11-14(17)6-7-15(18)19/h3-5,10,14H,6-9,11H2,1-2H3,(H,18,19). The van der Waals surface area contributed by atoms with E-state index in [9.17, 15) is 4.79 Å². The van der Waals surface area contributed by atoms with Gasteiger partial charge in [-0.25, -0.2) is 0 Å². The maximum Gasteiger partial charge on any atom is 0.303 e. The highest BCUT2D eigenvalue weighted by atomic mass is 16.4. The molecule has 0 amide bonds. The van der Waals surface area contributed by atoms with Crippen LogP contribution in [0.5, 0.6) is 0 Å². The monoisotopic (exact) mass is 262 g/mol. The summed E-state index contributed by atoms with van der Waals surface area (Å²) in [6, 6.07) is 8.74. The van der Waals surface area contributed by atoms with Gasteiger partial charge in [0.25, 0.3) is 0 Å². The molecule has 0 aliphatic carbocycles. The van der Waals surface area contributed by atoms with E-state index >= 15 is 0 Å². The zero-order valence-electron chi connectivity index (χ0n) is 11.7. The Morgan fingerprint density at radius 2 is 2.21 bits per heavy atom. The number of aliphatic carboxylic acids is 1. The van der Waals surface area contributed by atoms with Crippen LogP contribution in [0, 0.1) is 6.92 Å². The van der Waals surface area contributed by atoms with Crippen molar-refractivity contribution < 1.29 is 9.90 Å². The van der Waals surface area contributed by atoms with E-state index in [1.165, 1.54) is 11.3 Å². The quantitative estimate of drug-likeness (QED) is 0.901. The van der Waals surface area contributed by atoms with Crippen molar-refractivity contribution >= 4 is 11.7 Å². The fraction of sp³-hybridized carbons (Fsp3) is 0.533. The predicted octanol–water partition coefficient (Wildman–Crippen LogP) is 1.98. The molecule has 1 aromatic rings. The molecule has 1 atom stereocenters. The van der Waals surface area contributed by atoms with Crippen molar-refractivity contribution in [3.05, 3.63) is 29.8 Å². The van der Waals surface area contributed by atoms with Gasteiger partial charge in [-0.3, -0.25) is 4.79 Å². The Bertz CT molecular complexity index is 448. The smallest absolute Gasteiger partial charge is 0.303 e. The van der Waals surface area contributed by atoms with E-state index in [-0.39, 0.29) is 12.5 Å². The second-order valence-corrected chi connectivity index (χ2v) is 5.38. The van der Waals surface area contributed by atoms with Crippen molar-refractivity contribution in [2.45, 2.75) is 25.8 Å². The molecule has 0 bridgehead atoms. The van der Waals surface area contributed by atoms with Gasteiger partial charge in [-0.2, -0.15) is 0 Å². The minimum Gasteiger partial charge on any atom is -0.481 e. The second kappa shape index (κ2) is 6.06. The molecule has 1 unspecified atom stereocenters. The average molecular weight is 262 g/mol. The normalized spacial score (nSPS) is 20.5. The van der Waals surface area contributed by atoms with Crippen LogP contribution >= 0.6 is 0 Å². The number of anilines is 1. The molecule has 1 aliphatic heterocycles. The van der Waals surface area contributed by atoms with Crippen molar-refractivity contribution in [3.63, 3.8) is 0 Å². The number of piperazine rings is 1. The number of hydrogen-bond acceptors (Lipinski definition) is 3. The van der Waals surface area contributed by atoms with E-state index in [2.05, 4.69) is 48.0 Å². The van der Waals surface area contributed by atoms with Crippen molar-refractivity contribution in [3.8, 4) is 0 Å². The summed E-state index contributed by atoms with van der Waals surface area (Å²) in [4.78, 5) is 15.4. The maximum absolute atomic E-state index is 10.8. The van der Waals surface area contributed by atoms with Crippen LogP contribution in [0.1, 0.15) is 18.4 Å². The summed E-state index contributed by atoms with van der Waals surface area (Å²) < 4.78 is 0. The maximum atomic E-state index is 10.8. The number of likely N-dealkylation sites (N-methyl/N-ethyl adjacent to an activating group) is 1. The van der Waals surface area contributed by atoms with Gasteiger partial charge in [-0.15, -0.1) is 0 Å². The fourth-order valence-electron chi connectivity index (χ4n) is 2.69. The third-order valence-electron chi connectivity index (χ3n) is 3.71. The first-order valence-electron chi connectivity index (χ1n) is 6.80. The van der Waals surface area contributed by atoms with Gasteiger partial charge in [0.05, 0.1) is 0 Å². The van der Waals surface area contributed by atoms with E-state index in [4.69, 9.17) is 5.11 Å². The number of carboxylic acid groups (broad SMARTS) is 1. The zero-order valence-corrected chi connectivity index (χ0v) is 11.7. The van der Waals surface area contributed by atoms with Gasteiger partial charge in [-0.1, -0.05) is 12.1 Å². The fourth-order valence-corrected chi connectivity index (χ4v) is 2.69. The Kier molecular flexibility index (Phi) is 4.43. The minimum atomic E-state index is -0.711. The molecule has 4 nitrogen and oxygen atoms in total. The lowest BCUT2D eigenvalue weighted by molar-refractivity contribution is -0.137. The summed E-state index contributed by atoms with van der Waals surface area (Å²) >= 11 is 0. The lowest BCUT2D eigenvalue weighted by atomic mass is 10.0. The van der Waals surface area contributed by atoms with Crippen molar-refractivity contribution in [1.29, 1.82) is 0 Å². The van der Waals surface area contributed by atoms with Crippen LogP contribution in [0.15, 0.2) is 24.3 Å². The average Bonchev–Trinajstić information content (AvgIpc) is 2.36. The summed E-state index contributed by atoms with van der Waals surface area (Å²) in [6.07, 6.45) is 0.939. The van der Waals surface area contributed by atoms with E-state index in [0.717, 1.165) is 19.6 Å². The number of aryl methyl sites for hydroxylation is 1. The Hall–Kier alpha value is -1.55. The Labute approximate surface area is 114 Å². The van der Waals surface area contributed by atoms with E-state index in [0.29, 0.717) is 6.42 Å². The molecule has 104 valence electrons. The molecule has 1 heterocycles. The molecule has 0 aromatic heterocycles. The molecule has 19 heavy (non-hydrogen) atoms. The summed E-state index contributed by atoms with van der Waals surface area (Å²) in [6.45, 7) is 5.01. The lowest BCUT2D eigenvalue weighted by Crippen LogP contribution is -2.52. The molecule has 1 aromatic carbocycles. The summed E-state index contributed by atoms with van der Waals surface area (Å²) in [5.74, 6) is -0.711. The van der Waals surface area contributed by atoms with Gasteiger partial charge in [0.15, 0.2) is 0 Å². The largest absolute Gasteiger partial charge is 0.481 e. The van der Waals surface area contributed by atoms with Crippen LogP contribution in [0.2, 0.25) is 0 Å². The van der Waals surface area contributed by atoms with Gasteiger partial charge >= 0.3 is 5.97 Å². The molecule has 2 rings (SSSR count). The number of carbonyl (C=O) groups is 1. The van der Waals surface area contributed by atoms with Crippen LogP contribution in [0.25, 0.3) is 0 Å².